The maximum absolute atomic E-state index is 12.1. The van der Waals surface area contributed by atoms with Crippen molar-refractivity contribution in [1.29, 1.82) is 0 Å². The third-order valence-electron chi connectivity index (χ3n) is 4.21. The van der Waals surface area contributed by atoms with Crippen molar-refractivity contribution in [3.8, 4) is 0 Å². The molecule has 1 aromatic heterocycles. The maximum atomic E-state index is 12.1. The summed E-state index contributed by atoms with van der Waals surface area (Å²) in [4.78, 5) is 38.2. The average molecular weight is 439 g/mol. The number of aliphatic hydroxyl groups excluding tert-OH is 3. The van der Waals surface area contributed by atoms with E-state index in [4.69, 9.17) is 15.6 Å². The molecule has 0 saturated carbocycles. The standard InChI is InChI=1S/C15H20F3N5O7/c16-15(17,18)13(29)21-2-1-20-8(25)4-23-3-6(12(28)22-14(23)19)11-10(27)9(26)7(5-24)30-11/h3,7,9-11,24,26-27H,1-2,4-5H2,(H,20,25)(H,21,29)(H2,19,22,28). The second-order valence-electron chi connectivity index (χ2n) is 6.35. The number of nitrogen functional groups attached to an aromatic ring is 1. The molecular formula is C15H20F3N5O7. The number of alkyl halides is 3. The number of carbonyl (C=O) groups excluding carboxylic acids is 2. The Morgan fingerprint density at radius 3 is 2.43 bits per heavy atom. The molecule has 2 heterocycles. The van der Waals surface area contributed by atoms with Crippen LogP contribution in [-0.4, -0.2) is 80.9 Å². The van der Waals surface area contributed by atoms with Crippen LogP contribution >= 0.6 is 0 Å². The third kappa shape index (κ3) is 5.44. The lowest BCUT2D eigenvalue weighted by atomic mass is 10.0. The molecule has 1 aromatic rings. The summed E-state index contributed by atoms with van der Waals surface area (Å²) in [6, 6.07) is 0. The molecule has 0 spiro atoms. The molecule has 2 rings (SSSR count). The largest absolute Gasteiger partial charge is 0.471 e. The number of hydrogen-bond acceptors (Lipinski definition) is 9. The average Bonchev–Trinajstić information content (AvgIpc) is 2.94. The van der Waals surface area contributed by atoms with Crippen molar-refractivity contribution in [1.82, 2.24) is 20.2 Å². The Hall–Kier alpha value is -2.75. The Morgan fingerprint density at radius 1 is 1.23 bits per heavy atom. The lowest BCUT2D eigenvalue weighted by Crippen LogP contribution is -2.41. The van der Waals surface area contributed by atoms with Crippen LogP contribution in [0.3, 0.4) is 0 Å². The number of aromatic nitrogens is 2. The van der Waals surface area contributed by atoms with E-state index in [0.717, 1.165) is 10.8 Å². The lowest BCUT2D eigenvalue weighted by Gasteiger charge is -2.17. The molecule has 4 atom stereocenters. The van der Waals surface area contributed by atoms with Gasteiger partial charge in [0, 0.05) is 19.3 Å². The quantitative estimate of drug-likeness (QED) is 0.237. The molecule has 0 radical (unpaired) electrons. The highest BCUT2D eigenvalue weighted by molar-refractivity contribution is 5.81. The summed E-state index contributed by atoms with van der Waals surface area (Å²) in [7, 11) is 0. The van der Waals surface area contributed by atoms with E-state index in [9.17, 15) is 37.8 Å². The number of halogens is 3. The van der Waals surface area contributed by atoms with Gasteiger partial charge in [-0.05, 0) is 0 Å². The Bertz CT molecular complexity index is 847. The van der Waals surface area contributed by atoms with Crippen molar-refractivity contribution < 1.29 is 42.8 Å². The van der Waals surface area contributed by atoms with Crippen LogP contribution in [0.5, 0.6) is 0 Å². The molecule has 4 unspecified atom stereocenters. The number of anilines is 1. The van der Waals surface area contributed by atoms with Gasteiger partial charge in [-0.25, -0.2) is 0 Å². The minimum absolute atomic E-state index is 0.225. The van der Waals surface area contributed by atoms with Crippen molar-refractivity contribution >= 4 is 17.8 Å². The summed E-state index contributed by atoms with van der Waals surface area (Å²) in [5.74, 6) is -3.23. The zero-order valence-corrected chi connectivity index (χ0v) is 15.3. The molecule has 7 N–H and O–H groups in total. The first kappa shape index (κ1) is 23.5. The van der Waals surface area contributed by atoms with E-state index in [1.165, 1.54) is 0 Å². The number of ether oxygens (including phenoxy) is 1. The Labute approximate surface area is 166 Å². The number of amides is 2. The third-order valence-corrected chi connectivity index (χ3v) is 4.21. The van der Waals surface area contributed by atoms with Crippen molar-refractivity contribution in [3.63, 3.8) is 0 Å². The summed E-state index contributed by atoms with van der Waals surface area (Å²) in [6.45, 7) is -1.89. The Morgan fingerprint density at radius 2 is 1.87 bits per heavy atom. The van der Waals surface area contributed by atoms with Gasteiger partial charge in [0.05, 0.1) is 12.2 Å². The first-order valence-electron chi connectivity index (χ1n) is 8.56. The summed E-state index contributed by atoms with van der Waals surface area (Å²) in [6.07, 6.45) is -9.42. The normalized spacial score (nSPS) is 23.9. The fourth-order valence-electron chi connectivity index (χ4n) is 2.69. The first-order valence-corrected chi connectivity index (χ1v) is 8.56. The van der Waals surface area contributed by atoms with Gasteiger partial charge < -0.3 is 41.0 Å². The van der Waals surface area contributed by atoms with Crippen LogP contribution in [0.1, 0.15) is 11.7 Å². The highest BCUT2D eigenvalue weighted by Crippen LogP contribution is 2.31. The van der Waals surface area contributed by atoms with Crippen molar-refractivity contribution in [2.24, 2.45) is 0 Å². The van der Waals surface area contributed by atoms with Gasteiger partial charge in [-0.2, -0.15) is 18.2 Å². The van der Waals surface area contributed by atoms with E-state index in [1.54, 1.807) is 5.32 Å². The first-order chi connectivity index (χ1) is 14.0. The van der Waals surface area contributed by atoms with Gasteiger partial charge in [0.2, 0.25) is 11.9 Å². The predicted octanol–water partition coefficient (Wildman–Crippen LogP) is -3.23. The lowest BCUT2D eigenvalue weighted by molar-refractivity contribution is -0.173. The fourth-order valence-corrected chi connectivity index (χ4v) is 2.69. The van der Waals surface area contributed by atoms with E-state index in [-0.39, 0.29) is 18.1 Å². The molecule has 1 saturated heterocycles. The maximum Gasteiger partial charge on any atom is 0.471 e. The molecule has 30 heavy (non-hydrogen) atoms. The topological polar surface area (TPSA) is 189 Å². The Kier molecular flexibility index (Phi) is 7.35. The SMILES string of the molecule is Nc1nc(=O)c(C2OC(CO)C(O)C2O)cn1CC(=O)NCCNC(=O)C(F)(F)F. The molecule has 0 aliphatic carbocycles. The summed E-state index contributed by atoms with van der Waals surface area (Å²) < 4.78 is 42.4. The van der Waals surface area contributed by atoms with E-state index >= 15 is 0 Å². The number of nitrogens with one attached hydrogen (secondary N) is 2. The van der Waals surface area contributed by atoms with Gasteiger partial charge in [0.25, 0.3) is 5.56 Å². The fraction of sp³-hybridized carbons (Fsp3) is 0.600. The van der Waals surface area contributed by atoms with Gasteiger partial charge in [-0.15, -0.1) is 0 Å². The van der Waals surface area contributed by atoms with Crippen LogP contribution in [0.2, 0.25) is 0 Å². The van der Waals surface area contributed by atoms with Gasteiger partial charge in [-0.3, -0.25) is 14.4 Å². The van der Waals surface area contributed by atoms with Gasteiger partial charge in [0.1, 0.15) is 31.0 Å². The van der Waals surface area contributed by atoms with E-state index in [2.05, 4.69) is 10.3 Å². The minimum atomic E-state index is -5.04. The van der Waals surface area contributed by atoms with Crippen LogP contribution in [0.15, 0.2) is 11.0 Å². The number of nitrogens with two attached hydrogens (primary N) is 1. The molecule has 0 bridgehead atoms. The second-order valence-corrected chi connectivity index (χ2v) is 6.35. The molecule has 2 amide bonds. The van der Waals surface area contributed by atoms with Crippen LogP contribution in [0.25, 0.3) is 0 Å². The zero-order valence-electron chi connectivity index (χ0n) is 15.3. The number of aliphatic hydroxyl groups is 3. The number of nitrogens with zero attached hydrogens (tertiary/aromatic N) is 2. The van der Waals surface area contributed by atoms with E-state index in [1.807, 2.05) is 0 Å². The Balaban J connectivity index is 2.01. The molecule has 168 valence electrons. The van der Waals surface area contributed by atoms with E-state index < -0.39 is 67.7 Å². The molecule has 1 fully saturated rings. The predicted molar refractivity (Wildman–Crippen MR) is 91.7 cm³/mol. The molecule has 1 aliphatic heterocycles. The molecule has 0 aromatic carbocycles. The van der Waals surface area contributed by atoms with Crippen molar-refractivity contribution in [2.45, 2.75) is 37.1 Å². The number of carbonyl (C=O) groups is 2. The van der Waals surface area contributed by atoms with Gasteiger partial charge in [0.15, 0.2) is 0 Å². The van der Waals surface area contributed by atoms with Gasteiger partial charge >= 0.3 is 12.1 Å². The molecule has 15 heteroatoms. The summed E-state index contributed by atoms with van der Waals surface area (Å²) >= 11 is 0. The highest BCUT2D eigenvalue weighted by Gasteiger charge is 2.44. The zero-order chi connectivity index (χ0) is 22.6. The summed E-state index contributed by atoms with van der Waals surface area (Å²) in [5.41, 5.74) is 4.49. The second kappa shape index (κ2) is 9.38. The van der Waals surface area contributed by atoms with Crippen molar-refractivity contribution in [3.05, 3.63) is 22.1 Å². The van der Waals surface area contributed by atoms with Crippen molar-refractivity contribution in [2.75, 3.05) is 25.4 Å². The van der Waals surface area contributed by atoms with Crippen LogP contribution in [0, 0.1) is 0 Å². The highest BCUT2D eigenvalue weighted by atomic mass is 19.4. The minimum Gasteiger partial charge on any atom is -0.394 e. The van der Waals surface area contributed by atoms with Crippen LogP contribution < -0.4 is 21.9 Å². The van der Waals surface area contributed by atoms with Crippen LogP contribution in [0.4, 0.5) is 19.1 Å². The van der Waals surface area contributed by atoms with Gasteiger partial charge in [-0.1, -0.05) is 0 Å². The smallest absolute Gasteiger partial charge is 0.394 e. The molecule has 1 aliphatic rings. The number of rotatable bonds is 7. The molecule has 12 nitrogen and oxygen atoms in total. The van der Waals surface area contributed by atoms with E-state index in [0.29, 0.717) is 0 Å². The monoisotopic (exact) mass is 439 g/mol. The number of hydrogen-bond donors (Lipinski definition) is 6. The van der Waals surface area contributed by atoms with Crippen LogP contribution in [-0.2, 0) is 20.9 Å². The summed E-state index contributed by atoms with van der Waals surface area (Å²) in [5, 5.41) is 32.8. The molecular weight excluding hydrogens is 419 g/mol.